The predicted molar refractivity (Wildman–Crippen MR) is 146 cm³/mol. The van der Waals surface area contributed by atoms with Crippen LogP contribution in [0.5, 0.6) is 0 Å². The summed E-state index contributed by atoms with van der Waals surface area (Å²) in [6, 6.07) is 18.6. The van der Waals surface area contributed by atoms with E-state index in [1.165, 1.54) is 24.5 Å². The first kappa shape index (κ1) is 27.2. The van der Waals surface area contributed by atoms with E-state index in [0.717, 1.165) is 16.2 Å². The minimum Gasteiger partial charge on any atom is -0.348 e. The molecular weight excluding hydrogens is 539 g/mol. The molecule has 0 saturated carbocycles. The number of carbonyl (C=O) groups is 2. The molecule has 5 aromatic rings. The van der Waals surface area contributed by atoms with E-state index in [0.29, 0.717) is 16.3 Å². The maximum absolute atomic E-state index is 14.2. The highest BCUT2D eigenvalue weighted by Crippen LogP contribution is 2.36. The van der Waals surface area contributed by atoms with Gasteiger partial charge in [-0.05, 0) is 42.3 Å². The molecular formula is C29H22F3N5O4. The number of aryl methyl sites for hydroxylation is 1. The van der Waals surface area contributed by atoms with Gasteiger partial charge >= 0.3 is 17.3 Å². The molecule has 41 heavy (non-hydrogen) atoms. The molecule has 12 heteroatoms. The standard InChI is InChI=1S/C29H22F3N5O4/c1-17-7-5-6-10-20(17)26(39)35-37-24-14-23(21(29(30,31)32)13-22(24)34-27(40)28(37)41)36-12-11-19(16-36)25(38)33-15-18-8-3-2-4-9-18/h2-14,16H,15H2,1H3,(H,33,38)(H,34,40)(H,35,39). The maximum atomic E-state index is 14.2. The van der Waals surface area contributed by atoms with Crippen LogP contribution in [-0.2, 0) is 12.7 Å². The van der Waals surface area contributed by atoms with Crippen molar-refractivity contribution in [2.24, 2.45) is 0 Å². The van der Waals surface area contributed by atoms with Crippen molar-refractivity contribution >= 4 is 22.8 Å². The first-order valence-electron chi connectivity index (χ1n) is 12.3. The quantitative estimate of drug-likeness (QED) is 0.270. The van der Waals surface area contributed by atoms with Crippen LogP contribution in [-0.4, -0.2) is 26.0 Å². The topological polar surface area (TPSA) is 118 Å². The Bertz CT molecular complexity index is 1910. The Morgan fingerprint density at radius 1 is 0.927 bits per heavy atom. The van der Waals surface area contributed by atoms with Crippen LogP contribution in [0.4, 0.5) is 13.2 Å². The fraction of sp³-hybridized carbons (Fsp3) is 0.103. The lowest BCUT2D eigenvalue weighted by Gasteiger charge is -2.18. The van der Waals surface area contributed by atoms with Gasteiger partial charge in [-0.1, -0.05) is 48.5 Å². The highest BCUT2D eigenvalue weighted by Gasteiger charge is 2.35. The summed E-state index contributed by atoms with van der Waals surface area (Å²) in [4.78, 5) is 52.9. The molecule has 0 saturated heterocycles. The van der Waals surface area contributed by atoms with Gasteiger partial charge in [0.1, 0.15) is 0 Å². The Hall–Kier alpha value is -5.39. The molecule has 208 valence electrons. The molecule has 0 bridgehead atoms. The van der Waals surface area contributed by atoms with Crippen LogP contribution in [0.3, 0.4) is 0 Å². The van der Waals surface area contributed by atoms with Crippen molar-refractivity contribution in [3.05, 3.63) is 134 Å². The fourth-order valence-electron chi connectivity index (χ4n) is 4.35. The van der Waals surface area contributed by atoms with Gasteiger partial charge in [0, 0.05) is 24.5 Å². The van der Waals surface area contributed by atoms with Crippen molar-refractivity contribution < 1.29 is 22.8 Å². The Morgan fingerprint density at radius 3 is 2.34 bits per heavy atom. The Labute approximate surface area is 229 Å². The van der Waals surface area contributed by atoms with Crippen LogP contribution in [0, 0.1) is 6.92 Å². The second-order valence-corrected chi connectivity index (χ2v) is 9.21. The molecule has 0 spiro atoms. The molecule has 9 nitrogen and oxygen atoms in total. The zero-order valence-corrected chi connectivity index (χ0v) is 21.5. The average molecular weight is 562 g/mol. The molecule has 3 aromatic carbocycles. The van der Waals surface area contributed by atoms with Crippen LogP contribution in [0.2, 0.25) is 0 Å². The van der Waals surface area contributed by atoms with Gasteiger partial charge in [-0.15, -0.1) is 0 Å². The first-order valence-corrected chi connectivity index (χ1v) is 12.3. The molecule has 0 aliphatic heterocycles. The van der Waals surface area contributed by atoms with Gasteiger partial charge in [-0.3, -0.25) is 24.6 Å². The van der Waals surface area contributed by atoms with E-state index < -0.39 is 40.4 Å². The van der Waals surface area contributed by atoms with Crippen molar-refractivity contribution in [3.8, 4) is 5.69 Å². The summed E-state index contributed by atoms with van der Waals surface area (Å²) in [5.74, 6) is -1.24. The van der Waals surface area contributed by atoms with E-state index in [-0.39, 0.29) is 28.7 Å². The normalized spacial score (nSPS) is 11.4. The number of H-pyrrole nitrogens is 1. The van der Waals surface area contributed by atoms with Crippen LogP contribution >= 0.6 is 0 Å². The third-order valence-corrected chi connectivity index (χ3v) is 6.44. The number of fused-ring (bicyclic) bond motifs is 1. The van der Waals surface area contributed by atoms with Crippen molar-refractivity contribution in [1.29, 1.82) is 0 Å². The summed E-state index contributed by atoms with van der Waals surface area (Å²) in [7, 11) is 0. The number of aromatic amines is 1. The fourth-order valence-corrected chi connectivity index (χ4v) is 4.35. The number of rotatable bonds is 6. The molecule has 2 aromatic heterocycles. The molecule has 2 amide bonds. The van der Waals surface area contributed by atoms with Crippen molar-refractivity contribution in [2.75, 3.05) is 5.43 Å². The smallest absolute Gasteiger partial charge is 0.348 e. The van der Waals surface area contributed by atoms with Crippen molar-refractivity contribution in [1.82, 2.24) is 19.5 Å². The molecule has 0 aliphatic carbocycles. The van der Waals surface area contributed by atoms with Gasteiger partial charge in [0.05, 0.1) is 27.8 Å². The Kier molecular flexibility index (Phi) is 7.06. The summed E-state index contributed by atoms with van der Waals surface area (Å²) in [5.41, 5.74) is -0.446. The van der Waals surface area contributed by atoms with Crippen LogP contribution in [0.15, 0.2) is 94.8 Å². The predicted octanol–water partition coefficient (Wildman–Crippen LogP) is 4.12. The van der Waals surface area contributed by atoms with E-state index in [9.17, 15) is 32.3 Å². The zero-order chi connectivity index (χ0) is 29.3. The van der Waals surface area contributed by atoms with E-state index in [1.54, 1.807) is 25.1 Å². The number of halogens is 3. The molecule has 0 radical (unpaired) electrons. The minimum atomic E-state index is -4.87. The van der Waals surface area contributed by atoms with Crippen LogP contribution in [0.1, 0.15) is 37.4 Å². The zero-order valence-electron chi connectivity index (χ0n) is 21.5. The summed E-state index contributed by atoms with van der Waals surface area (Å²) in [5, 5.41) is 2.71. The number of hydrogen-bond donors (Lipinski definition) is 3. The third kappa shape index (κ3) is 5.53. The third-order valence-electron chi connectivity index (χ3n) is 6.44. The lowest BCUT2D eigenvalue weighted by atomic mass is 10.1. The molecule has 0 fully saturated rings. The monoisotopic (exact) mass is 561 g/mol. The summed E-state index contributed by atoms with van der Waals surface area (Å²) < 4.78 is 44.2. The second kappa shape index (κ2) is 10.6. The van der Waals surface area contributed by atoms with Gasteiger partial charge in [-0.2, -0.15) is 13.2 Å². The molecule has 5 rings (SSSR count). The number of amides is 2. The van der Waals surface area contributed by atoms with Gasteiger partial charge < -0.3 is 14.9 Å². The summed E-state index contributed by atoms with van der Waals surface area (Å²) >= 11 is 0. The first-order chi connectivity index (χ1) is 19.5. The van der Waals surface area contributed by atoms with Crippen molar-refractivity contribution in [3.63, 3.8) is 0 Å². The largest absolute Gasteiger partial charge is 0.418 e. The SMILES string of the molecule is Cc1ccccc1C(=O)Nn1c(=O)c(=O)[nH]c2cc(C(F)(F)F)c(-n3ccc(C(=O)NCc4ccccc4)c3)cc21. The maximum Gasteiger partial charge on any atom is 0.418 e. The number of aromatic nitrogens is 3. The number of hydrogen-bond acceptors (Lipinski definition) is 4. The molecule has 3 N–H and O–H groups in total. The number of nitrogens with zero attached hydrogens (tertiary/aromatic N) is 2. The van der Waals surface area contributed by atoms with Crippen LogP contribution in [0.25, 0.3) is 16.7 Å². The number of nitrogens with one attached hydrogen (secondary N) is 3. The number of carbonyl (C=O) groups excluding carboxylic acids is 2. The number of alkyl halides is 3. The lowest BCUT2D eigenvalue weighted by Crippen LogP contribution is -2.42. The summed E-state index contributed by atoms with van der Waals surface area (Å²) in [6.45, 7) is 1.88. The average Bonchev–Trinajstić information content (AvgIpc) is 3.44. The highest BCUT2D eigenvalue weighted by molar-refractivity contribution is 6.02. The van der Waals surface area contributed by atoms with Gasteiger partial charge in [0.25, 0.3) is 11.8 Å². The van der Waals surface area contributed by atoms with E-state index >= 15 is 0 Å². The minimum absolute atomic E-state index is 0.0980. The van der Waals surface area contributed by atoms with E-state index in [2.05, 4.69) is 15.7 Å². The molecule has 0 unspecified atom stereocenters. The van der Waals surface area contributed by atoms with Gasteiger partial charge in [0.15, 0.2) is 0 Å². The van der Waals surface area contributed by atoms with Crippen molar-refractivity contribution in [2.45, 2.75) is 19.6 Å². The lowest BCUT2D eigenvalue weighted by molar-refractivity contribution is -0.137. The van der Waals surface area contributed by atoms with Gasteiger partial charge in [-0.25, -0.2) is 4.68 Å². The second-order valence-electron chi connectivity index (χ2n) is 9.21. The van der Waals surface area contributed by atoms with E-state index in [4.69, 9.17) is 0 Å². The van der Waals surface area contributed by atoms with E-state index in [1.807, 2.05) is 30.3 Å². The molecule has 0 atom stereocenters. The van der Waals surface area contributed by atoms with Gasteiger partial charge in [0.2, 0.25) is 0 Å². The molecule has 0 aliphatic rings. The summed E-state index contributed by atoms with van der Waals surface area (Å²) in [6.07, 6.45) is -2.38. The number of benzene rings is 3. The highest BCUT2D eigenvalue weighted by atomic mass is 19.4. The Morgan fingerprint density at radius 2 is 1.63 bits per heavy atom. The molecule has 2 heterocycles. The van der Waals surface area contributed by atoms with Crippen LogP contribution < -0.4 is 21.9 Å². The Balaban J connectivity index is 1.58.